The number of rotatable bonds is 9. The van der Waals surface area contributed by atoms with Crippen LogP contribution in [0.15, 0.2) is 30.3 Å². The lowest BCUT2D eigenvalue weighted by molar-refractivity contribution is -0.528. The monoisotopic (exact) mass is 352 g/mol. The quantitative estimate of drug-likeness (QED) is 0.310. The van der Waals surface area contributed by atoms with E-state index >= 15 is 0 Å². The first-order chi connectivity index (χ1) is 11.1. The Bertz CT molecular complexity index is 515. The maximum Gasteiger partial charge on any atom is 0.232 e. The molecule has 0 heterocycles. The minimum Gasteiger partial charge on any atom is -0.416 e. The van der Waals surface area contributed by atoms with Crippen LogP contribution < -0.4 is 5.32 Å². The summed E-state index contributed by atoms with van der Waals surface area (Å²) in [6.07, 6.45) is 0.489. The van der Waals surface area contributed by atoms with Gasteiger partial charge in [-0.15, -0.1) is 0 Å². The van der Waals surface area contributed by atoms with Crippen molar-refractivity contribution < 1.29 is 9.35 Å². The van der Waals surface area contributed by atoms with Crippen LogP contribution in [0, 0.1) is 10.1 Å². The zero-order valence-electron chi connectivity index (χ0n) is 15.8. The number of nitrogens with zero attached hydrogens (tertiary/aromatic N) is 1. The number of nitrogens with one attached hydrogen (secondary N) is 1. The summed E-state index contributed by atoms with van der Waals surface area (Å²) in [5.41, 5.74) is 0.952. The Morgan fingerprint density at radius 2 is 1.83 bits per heavy atom. The van der Waals surface area contributed by atoms with E-state index in [2.05, 4.69) is 39.2 Å². The predicted octanol–water partition coefficient (Wildman–Crippen LogP) is 4.39. The first kappa shape index (κ1) is 20.8. The smallest absolute Gasteiger partial charge is 0.232 e. The second-order valence-electron chi connectivity index (χ2n) is 7.71. The van der Waals surface area contributed by atoms with E-state index in [1.165, 1.54) is 0 Å². The molecule has 0 aliphatic heterocycles. The number of hydrogen-bond acceptors (Lipinski definition) is 4. The summed E-state index contributed by atoms with van der Waals surface area (Å²) < 4.78 is 6.16. The average molecular weight is 353 g/mol. The molecule has 0 saturated heterocycles. The van der Waals surface area contributed by atoms with Crippen LogP contribution in [0.3, 0.4) is 0 Å². The third kappa shape index (κ3) is 5.68. The Morgan fingerprint density at radius 3 is 2.29 bits per heavy atom. The van der Waals surface area contributed by atoms with E-state index in [0.717, 1.165) is 5.56 Å². The van der Waals surface area contributed by atoms with Gasteiger partial charge in [0.1, 0.15) is 6.04 Å². The van der Waals surface area contributed by atoms with Crippen molar-refractivity contribution in [1.29, 1.82) is 0 Å². The second-order valence-corrected chi connectivity index (χ2v) is 12.5. The van der Waals surface area contributed by atoms with Gasteiger partial charge in [-0.05, 0) is 23.7 Å². The van der Waals surface area contributed by atoms with E-state index in [1.807, 2.05) is 37.3 Å². The molecule has 0 unspecified atom stereocenters. The van der Waals surface area contributed by atoms with Gasteiger partial charge in [-0.3, -0.25) is 10.1 Å². The standard InChI is InChI=1S/C18H32N2O3Si/c1-7-16(20(21)22)17(15-11-9-8-10-12-15)19-13-14-23-24(5,6)18(2,3)4/h8-12,16-17,19H,7,13-14H2,1-6H3/t16-,17+/m1/s1. The summed E-state index contributed by atoms with van der Waals surface area (Å²) in [5, 5.41) is 14.9. The number of nitro groups is 1. The van der Waals surface area contributed by atoms with Crippen molar-refractivity contribution in [3.8, 4) is 0 Å². The molecular formula is C18H32N2O3Si. The highest BCUT2D eigenvalue weighted by Crippen LogP contribution is 2.36. The van der Waals surface area contributed by atoms with Crippen molar-refractivity contribution >= 4 is 8.32 Å². The molecule has 0 aliphatic carbocycles. The lowest BCUT2D eigenvalue weighted by Crippen LogP contribution is -2.43. The summed E-state index contributed by atoms with van der Waals surface area (Å²) in [7, 11) is -1.79. The summed E-state index contributed by atoms with van der Waals surface area (Å²) in [6.45, 7) is 14.1. The molecule has 5 nitrogen and oxygen atoms in total. The molecule has 1 aromatic carbocycles. The first-order valence-corrected chi connectivity index (χ1v) is 11.6. The van der Waals surface area contributed by atoms with Crippen LogP contribution in [0.5, 0.6) is 0 Å². The highest BCUT2D eigenvalue weighted by Gasteiger charge is 2.37. The van der Waals surface area contributed by atoms with E-state index < -0.39 is 14.4 Å². The summed E-state index contributed by atoms with van der Waals surface area (Å²) >= 11 is 0. The zero-order valence-corrected chi connectivity index (χ0v) is 16.8. The lowest BCUT2D eigenvalue weighted by atomic mass is 9.98. The molecule has 136 valence electrons. The van der Waals surface area contributed by atoms with E-state index in [-0.39, 0.29) is 16.0 Å². The van der Waals surface area contributed by atoms with Crippen molar-refractivity contribution in [3.63, 3.8) is 0 Å². The van der Waals surface area contributed by atoms with Gasteiger partial charge in [0, 0.05) is 24.5 Å². The molecule has 0 radical (unpaired) electrons. The molecule has 0 aliphatic rings. The average Bonchev–Trinajstić information content (AvgIpc) is 2.49. The fraction of sp³-hybridized carbons (Fsp3) is 0.667. The van der Waals surface area contributed by atoms with Gasteiger partial charge in [-0.1, -0.05) is 58.0 Å². The number of hydrogen-bond donors (Lipinski definition) is 1. The van der Waals surface area contributed by atoms with Gasteiger partial charge in [-0.25, -0.2) is 0 Å². The highest BCUT2D eigenvalue weighted by atomic mass is 28.4. The lowest BCUT2D eigenvalue weighted by Gasteiger charge is -2.36. The molecule has 1 aromatic rings. The van der Waals surface area contributed by atoms with Crippen molar-refractivity contribution in [2.45, 2.75) is 64.3 Å². The van der Waals surface area contributed by atoms with Crippen molar-refractivity contribution in [2.24, 2.45) is 0 Å². The highest BCUT2D eigenvalue weighted by molar-refractivity contribution is 6.74. The largest absolute Gasteiger partial charge is 0.416 e. The Labute approximate surface area is 147 Å². The van der Waals surface area contributed by atoms with Crippen LogP contribution in [0.1, 0.15) is 45.7 Å². The van der Waals surface area contributed by atoms with Crippen LogP contribution in [-0.4, -0.2) is 32.4 Å². The maximum atomic E-state index is 11.4. The van der Waals surface area contributed by atoms with Gasteiger partial charge in [0.05, 0.1) is 0 Å². The maximum absolute atomic E-state index is 11.4. The summed E-state index contributed by atoms with van der Waals surface area (Å²) in [5.74, 6) is 0. The van der Waals surface area contributed by atoms with Gasteiger partial charge in [0.2, 0.25) is 6.04 Å². The Morgan fingerprint density at radius 1 is 1.25 bits per heavy atom. The zero-order chi connectivity index (χ0) is 18.4. The molecule has 0 bridgehead atoms. The molecule has 0 saturated carbocycles. The van der Waals surface area contributed by atoms with Crippen molar-refractivity contribution in [1.82, 2.24) is 5.32 Å². The normalized spacial score (nSPS) is 15.1. The van der Waals surface area contributed by atoms with Gasteiger partial charge in [0.15, 0.2) is 8.32 Å². The van der Waals surface area contributed by atoms with Crippen LogP contribution >= 0.6 is 0 Å². The molecule has 0 fully saturated rings. The molecule has 1 rings (SSSR count). The molecule has 1 N–H and O–H groups in total. The molecule has 2 atom stereocenters. The van der Waals surface area contributed by atoms with Crippen LogP contribution in [0.2, 0.25) is 18.1 Å². The Balaban J connectivity index is 2.72. The molecule has 0 amide bonds. The SMILES string of the molecule is CC[C@H]([C@@H](NCCO[Si](C)(C)C(C)(C)C)c1ccccc1)[N+](=O)[O-]. The topological polar surface area (TPSA) is 64.4 Å². The second kappa shape index (κ2) is 8.74. The fourth-order valence-electron chi connectivity index (χ4n) is 2.38. The summed E-state index contributed by atoms with van der Waals surface area (Å²) in [6, 6.07) is 8.71. The van der Waals surface area contributed by atoms with Gasteiger partial charge >= 0.3 is 0 Å². The van der Waals surface area contributed by atoms with E-state index in [9.17, 15) is 10.1 Å². The molecule has 0 spiro atoms. The van der Waals surface area contributed by atoms with Crippen LogP contribution in [0.4, 0.5) is 0 Å². The summed E-state index contributed by atoms with van der Waals surface area (Å²) in [4.78, 5) is 11.2. The third-order valence-electron chi connectivity index (χ3n) is 4.97. The Kier molecular flexibility index (Phi) is 7.57. The molecule has 24 heavy (non-hydrogen) atoms. The minimum atomic E-state index is -1.79. The van der Waals surface area contributed by atoms with Crippen molar-refractivity contribution in [2.75, 3.05) is 13.2 Å². The fourth-order valence-corrected chi connectivity index (χ4v) is 3.43. The first-order valence-electron chi connectivity index (χ1n) is 8.66. The Hall–Kier alpha value is -1.24. The predicted molar refractivity (Wildman–Crippen MR) is 101 cm³/mol. The van der Waals surface area contributed by atoms with Crippen LogP contribution in [-0.2, 0) is 4.43 Å². The van der Waals surface area contributed by atoms with Gasteiger partial charge in [-0.2, -0.15) is 0 Å². The molecular weight excluding hydrogens is 320 g/mol. The number of benzene rings is 1. The van der Waals surface area contributed by atoms with E-state index in [0.29, 0.717) is 19.6 Å². The third-order valence-corrected chi connectivity index (χ3v) is 9.51. The van der Waals surface area contributed by atoms with Crippen molar-refractivity contribution in [3.05, 3.63) is 46.0 Å². The van der Waals surface area contributed by atoms with Gasteiger partial charge in [0.25, 0.3) is 0 Å². The minimum absolute atomic E-state index is 0.165. The van der Waals surface area contributed by atoms with Gasteiger partial charge < -0.3 is 9.74 Å². The molecule has 0 aromatic heterocycles. The molecule has 6 heteroatoms. The van der Waals surface area contributed by atoms with E-state index in [4.69, 9.17) is 4.43 Å². The van der Waals surface area contributed by atoms with E-state index in [1.54, 1.807) is 0 Å². The van der Waals surface area contributed by atoms with Crippen LogP contribution in [0.25, 0.3) is 0 Å².